The van der Waals surface area contributed by atoms with Crippen LogP contribution in [0, 0.1) is 0 Å². The second-order valence-electron chi connectivity index (χ2n) is 4.20. The van der Waals surface area contributed by atoms with Crippen molar-refractivity contribution in [2.45, 2.75) is 39.7 Å². The van der Waals surface area contributed by atoms with Crippen molar-refractivity contribution in [2.75, 3.05) is 0 Å². The molecule has 0 bridgehead atoms. The Hall–Kier alpha value is -0.310. The predicted octanol–water partition coefficient (Wildman–Crippen LogP) is 2.73. The summed E-state index contributed by atoms with van der Waals surface area (Å²) < 4.78 is 5.19. The Morgan fingerprint density at radius 3 is 2.19 bits per heavy atom. The average Bonchev–Trinajstić information content (AvgIpc) is 2.16. The van der Waals surface area contributed by atoms with E-state index in [4.69, 9.17) is 4.74 Å². The minimum atomic E-state index is -0.228. The van der Waals surface area contributed by atoms with E-state index in [-0.39, 0.29) is 41.6 Å². The van der Waals surface area contributed by atoms with Gasteiger partial charge in [0.15, 0.2) is 0 Å². The van der Waals surface area contributed by atoms with Crippen molar-refractivity contribution in [3.63, 3.8) is 0 Å². The van der Waals surface area contributed by atoms with Gasteiger partial charge in [0, 0.05) is 0 Å². The van der Waals surface area contributed by atoms with Crippen LogP contribution in [0.5, 0.6) is 0 Å². The van der Waals surface area contributed by atoms with E-state index in [1.165, 1.54) is 0 Å². The van der Waals surface area contributed by atoms with Crippen LogP contribution in [0.3, 0.4) is 0 Å². The maximum atomic E-state index is 11.8. The molecule has 1 aromatic rings. The topological polar surface area (TPSA) is 26.3 Å². The molecule has 0 aliphatic carbocycles. The van der Waals surface area contributed by atoms with Crippen LogP contribution in [0.15, 0.2) is 24.3 Å². The summed E-state index contributed by atoms with van der Waals surface area (Å²) in [6, 6.07) is 7.60. The first kappa shape index (κ1) is 15.7. The Labute approximate surface area is 120 Å². The number of carbonyl (C=O) groups excluding carboxylic acids is 1. The van der Waals surface area contributed by atoms with Gasteiger partial charge in [0.05, 0.1) is 11.7 Å². The zero-order chi connectivity index (χ0) is 11.4. The maximum absolute atomic E-state index is 11.8. The molecule has 1 rings (SSSR count). The third-order valence-corrected chi connectivity index (χ3v) is 2.15. The Morgan fingerprint density at radius 1 is 1.12 bits per heavy atom. The van der Waals surface area contributed by atoms with Gasteiger partial charge in [-0.3, -0.25) is 0 Å². The summed E-state index contributed by atoms with van der Waals surface area (Å²) in [5, 5.41) is 0. The SMILES string of the molecule is CC(C)OC(=O)c1ccccc1C(C)C.[NaH]. The van der Waals surface area contributed by atoms with Crippen LogP contribution in [0.4, 0.5) is 0 Å². The van der Waals surface area contributed by atoms with Crippen molar-refractivity contribution in [1.82, 2.24) is 0 Å². The Bertz CT molecular complexity index is 346. The molecule has 1 aromatic carbocycles. The second kappa shape index (κ2) is 7.10. The van der Waals surface area contributed by atoms with Crippen molar-refractivity contribution in [2.24, 2.45) is 0 Å². The Kier molecular flexibility index (Phi) is 6.96. The predicted molar refractivity (Wildman–Crippen MR) is 68.2 cm³/mol. The van der Waals surface area contributed by atoms with Crippen LogP contribution in [-0.4, -0.2) is 41.6 Å². The van der Waals surface area contributed by atoms with Gasteiger partial charge in [-0.25, -0.2) is 4.79 Å². The Morgan fingerprint density at radius 2 is 1.69 bits per heavy atom. The monoisotopic (exact) mass is 230 g/mol. The molecular formula is C13H19NaO2. The van der Waals surface area contributed by atoms with E-state index in [1.54, 1.807) is 0 Å². The number of hydrogen-bond acceptors (Lipinski definition) is 2. The van der Waals surface area contributed by atoms with Gasteiger partial charge in [-0.1, -0.05) is 32.0 Å². The van der Waals surface area contributed by atoms with E-state index in [0.717, 1.165) is 5.56 Å². The first-order valence-electron chi connectivity index (χ1n) is 5.32. The van der Waals surface area contributed by atoms with Gasteiger partial charge in [0.1, 0.15) is 0 Å². The van der Waals surface area contributed by atoms with Gasteiger partial charge in [0.25, 0.3) is 0 Å². The second-order valence-corrected chi connectivity index (χ2v) is 4.20. The van der Waals surface area contributed by atoms with Gasteiger partial charge in [-0.2, -0.15) is 0 Å². The number of esters is 1. The zero-order valence-electron chi connectivity index (χ0n) is 9.78. The first-order chi connectivity index (χ1) is 7.02. The van der Waals surface area contributed by atoms with Crippen LogP contribution in [0.25, 0.3) is 0 Å². The van der Waals surface area contributed by atoms with Gasteiger partial charge in [-0.05, 0) is 31.4 Å². The molecular weight excluding hydrogens is 211 g/mol. The molecule has 0 unspecified atom stereocenters. The van der Waals surface area contributed by atoms with Crippen LogP contribution >= 0.6 is 0 Å². The number of carbonyl (C=O) groups is 1. The number of hydrogen-bond donors (Lipinski definition) is 0. The summed E-state index contributed by atoms with van der Waals surface area (Å²) in [5.41, 5.74) is 1.73. The third-order valence-electron chi connectivity index (χ3n) is 2.15. The average molecular weight is 230 g/mol. The summed E-state index contributed by atoms with van der Waals surface area (Å²) in [6.45, 7) is 7.86. The molecule has 0 heterocycles. The van der Waals surface area contributed by atoms with Crippen LogP contribution < -0.4 is 0 Å². The molecule has 0 aliphatic rings. The summed E-state index contributed by atoms with van der Waals surface area (Å²) in [4.78, 5) is 11.8. The quantitative estimate of drug-likeness (QED) is 0.589. The van der Waals surface area contributed by atoms with Gasteiger partial charge in [-0.15, -0.1) is 0 Å². The van der Waals surface area contributed by atoms with Crippen molar-refractivity contribution in [1.29, 1.82) is 0 Å². The molecule has 0 fully saturated rings. The molecule has 3 heteroatoms. The molecule has 2 nitrogen and oxygen atoms in total. The molecule has 0 spiro atoms. The van der Waals surface area contributed by atoms with E-state index in [9.17, 15) is 4.79 Å². The number of benzene rings is 1. The van der Waals surface area contributed by atoms with E-state index in [2.05, 4.69) is 13.8 Å². The van der Waals surface area contributed by atoms with E-state index < -0.39 is 0 Å². The van der Waals surface area contributed by atoms with Crippen molar-refractivity contribution < 1.29 is 9.53 Å². The third kappa shape index (κ3) is 4.28. The summed E-state index contributed by atoms with van der Waals surface area (Å²) >= 11 is 0. The van der Waals surface area contributed by atoms with Crippen molar-refractivity contribution in [3.8, 4) is 0 Å². The van der Waals surface area contributed by atoms with Crippen molar-refractivity contribution >= 4 is 35.5 Å². The van der Waals surface area contributed by atoms with E-state index in [0.29, 0.717) is 11.5 Å². The molecule has 0 saturated carbocycles. The number of ether oxygens (including phenoxy) is 1. The summed E-state index contributed by atoms with van der Waals surface area (Å²) in [5.74, 6) is 0.107. The molecule has 0 aromatic heterocycles. The number of rotatable bonds is 3. The molecule has 16 heavy (non-hydrogen) atoms. The van der Waals surface area contributed by atoms with Crippen LogP contribution in [-0.2, 0) is 4.74 Å². The van der Waals surface area contributed by atoms with E-state index in [1.807, 2.05) is 38.1 Å². The van der Waals surface area contributed by atoms with E-state index >= 15 is 0 Å². The Balaban J connectivity index is 0.00000225. The van der Waals surface area contributed by atoms with Gasteiger partial charge in [0.2, 0.25) is 0 Å². The summed E-state index contributed by atoms with van der Waals surface area (Å²) in [7, 11) is 0. The fraction of sp³-hybridized carbons (Fsp3) is 0.462. The van der Waals surface area contributed by atoms with Crippen molar-refractivity contribution in [3.05, 3.63) is 35.4 Å². The molecule has 0 amide bonds. The molecule has 0 saturated heterocycles. The first-order valence-corrected chi connectivity index (χ1v) is 5.32. The fourth-order valence-corrected chi connectivity index (χ4v) is 1.46. The standard InChI is InChI=1S/C13H18O2.Na.H/c1-9(2)11-7-5-6-8-12(11)13(14)15-10(3)4;;/h5-10H,1-4H3;;. The molecule has 0 atom stereocenters. The molecule has 0 aliphatic heterocycles. The molecule has 84 valence electrons. The molecule has 0 N–H and O–H groups in total. The molecule has 0 radical (unpaired) electrons. The summed E-state index contributed by atoms with van der Waals surface area (Å²) in [6.07, 6.45) is -0.0716. The van der Waals surface area contributed by atoms with Crippen LogP contribution in [0.1, 0.15) is 49.5 Å². The fourth-order valence-electron chi connectivity index (χ4n) is 1.46. The normalized spacial score (nSPS) is 10.1. The van der Waals surface area contributed by atoms with Crippen LogP contribution in [0.2, 0.25) is 0 Å². The minimum absolute atomic E-state index is 0. The van der Waals surface area contributed by atoms with Gasteiger partial charge < -0.3 is 4.74 Å². The van der Waals surface area contributed by atoms with Gasteiger partial charge >= 0.3 is 35.5 Å². The zero-order valence-corrected chi connectivity index (χ0v) is 9.78.